The fourth-order valence-electron chi connectivity index (χ4n) is 1.82. The summed E-state index contributed by atoms with van der Waals surface area (Å²) in [5.41, 5.74) is 6.93. The van der Waals surface area contributed by atoms with Crippen LogP contribution in [0.25, 0.3) is 0 Å². The van der Waals surface area contributed by atoms with Gasteiger partial charge in [-0.15, -0.1) is 0 Å². The highest BCUT2D eigenvalue weighted by atomic mass is 16.5. The average Bonchev–Trinajstić information content (AvgIpc) is 2.45. The molecule has 0 fully saturated rings. The third-order valence-electron chi connectivity index (χ3n) is 2.89. The van der Waals surface area contributed by atoms with Crippen molar-refractivity contribution in [3.8, 4) is 5.75 Å². The molecule has 110 valence electrons. The highest BCUT2D eigenvalue weighted by Gasteiger charge is 2.06. The van der Waals surface area contributed by atoms with Crippen molar-refractivity contribution in [3.63, 3.8) is 0 Å². The molecule has 6 heteroatoms. The highest BCUT2D eigenvalue weighted by molar-refractivity contribution is 5.66. The summed E-state index contributed by atoms with van der Waals surface area (Å²) in [5.74, 6) is -0.817. The third kappa shape index (κ3) is 4.10. The van der Waals surface area contributed by atoms with Crippen LogP contribution in [0.2, 0.25) is 0 Å². The number of carboxylic acids is 1. The molecule has 6 nitrogen and oxygen atoms in total. The Morgan fingerprint density at radius 1 is 1.24 bits per heavy atom. The van der Waals surface area contributed by atoms with Crippen LogP contribution in [0.1, 0.15) is 12.0 Å². The van der Waals surface area contributed by atoms with Gasteiger partial charge in [0.15, 0.2) is 5.75 Å². The first-order chi connectivity index (χ1) is 10.1. The van der Waals surface area contributed by atoms with Crippen molar-refractivity contribution in [2.75, 3.05) is 12.3 Å². The van der Waals surface area contributed by atoms with E-state index in [4.69, 9.17) is 15.6 Å². The number of aromatic nitrogens is 1. The molecular weight excluding hydrogens is 272 g/mol. The summed E-state index contributed by atoms with van der Waals surface area (Å²) < 4.78 is 6.71. The van der Waals surface area contributed by atoms with E-state index in [0.717, 1.165) is 5.56 Å². The number of hydrogen-bond donors (Lipinski definition) is 2. The molecule has 0 amide bonds. The number of nitrogens with zero attached hydrogens (tertiary/aromatic N) is 1. The van der Waals surface area contributed by atoms with Gasteiger partial charge >= 0.3 is 5.97 Å². The van der Waals surface area contributed by atoms with Crippen LogP contribution in [0, 0.1) is 0 Å². The number of pyridine rings is 1. The Bertz CT molecular complexity index is 677. The molecule has 0 radical (unpaired) electrons. The van der Waals surface area contributed by atoms with Crippen molar-refractivity contribution in [3.05, 3.63) is 58.5 Å². The number of carboxylic acid groups (broad SMARTS) is 1. The van der Waals surface area contributed by atoms with Crippen molar-refractivity contribution >= 4 is 11.7 Å². The number of hydrogen-bond acceptors (Lipinski definition) is 4. The molecule has 0 saturated heterocycles. The van der Waals surface area contributed by atoms with Gasteiger partial charge in [0.25, 0.3) is 5.56 Å². The first-order valence-corrected chi connectivity index (χ1v) is 6.45. The summed E-state index contributed by atoms with van der Waals surface area (Å²) >= 11 is 0. The molecule has 2 rings (SSSR count). The molecular formula is C15H16N2O4. The summed E-state index contributed by atoms with van der Waals surface area (Å²) in [6.45, 7) is 0.367. The van der Waals surface area contributed by atoms with Gasteiger partial charge < -0.3 is 20.1 Å². The molecule has 0 bridgehead atoms. The Morgan fingerprint density at radius 2 is 1.95 bits per heavy atom. The Labute approximate surface area is 121 Å². The van der Waals surface area contributed by atoms with Crippen LogP contribution >= 0.6 is 0 Å². The number of rotatable bonds is 6. The molecule has 0 atom stereocenters. The van der Waals surface area contributed by atoms with Gasteiger partial charge in [0.2, 0.25) is 0 Å². The molecule has 1 aromatic carbocycles. The number of carbonyl (C=O) groups is 1. The first kappa shape index (κ1) is 14.6. The molecule has 3 N–H and O–H groups in total. The summed E-state index contributed by atoms with van der Waals surface area (Å²) in [6, 6.07) is 10.5. The van der Waals surface area contributed by atoms with Crippen LogP contribution in [-0.2, 0) is 11.3 Å². The van der Waals surface area contributed by atoms with E-state index < -0.39 is 5.97 Å². The number of benzene rings is 1. The summed E-state index contributed by atoms with van der Waals surface area (Å²) in [4.78, 5) is 22.6. The van der Waals surface area contributed by atoms with E-state index in [0.29, 0.717) is 12.2 Å². The Hall–Kier alpha value is -2.76. The van der Waals surface area contributed by atoms with Crippen LogP contribution in [0.4, 0.5) is 5.69 Å². The quantitative estimate of drug-likeness (QED) is 0.782. The van der Waals surface area contributed by atoms with Crippen LogP contribution in [0.5, 0.6) is 5.75 Å². The Balaban J connectivity index is 2.12. The Kier molecular flexibility index (Phi) is 4.61. The van der Waals surface area contributed by atoms with Gasteiger partial charge in [0, 0.05) is 11.9 Å². The minimum absolute atomic E-state index is 0.0313. The van der Waals surface area contributed by atoms with Gasteiger partial charge in [-0.2, -0.15) is 0 Å². The largest absolute Gasteiger partial charge is 0.487 e. The molecule has 0 aliphatic heterocycles. The van der Waals surface area contributed by atoms with Crippen LogP contribution in [-0.4, -0.2) is 22.2 Å². The first-order valence-electron chi connectivity index (χ1n) is 6.45. The van der Waals surface area contributed by atoms with Gasteiger partial charge in [-0.25, -0.2) is 0 Å². The maximum absolute atomic E-state index is 12.2. The topological polar surface area (TPSA) is 94.6 Å². The van der Waals surface area contributed by atoms with E-state index in [1.165, 1.54) is 10.6 Å². The van der Waals surface area contributed by atoms with Crippen LogP contribution in [0.3, 0.4) is 0 Å². The smallest absolute Gasteiger partial charge is 0.306 e. The second-order valence-corrected chi connectivity index (χ2v) is 4.54. The number of ether oxygens (including phenoxy) is 1. The predicted octanol–water partition coefficient (Wildman–Crippen LogP) is 1.33. The zero-order chi connectivity index (χ0) is 15.2. The average molecular weight is 288 g/mol. The number of nitrogens with two attached hydrogens (primary N) is 1. The second-order valence-electron chi connectivity index (χ2n) is 4.54. The SMILES string of the molecule is Nc1ccc(Cn2cccc(OCCC(=O)O)c2=O)cc1. The van der Waals surface area contributed by atoms with Gasteiger partial charge in [0.1, 0.15) is 0 Å². The maximum Gasteiger partial charge on any atom is 0.306 e. The highest BCUT2D eigenvalue weighted by Crippen LogP contribution is 2.08. The number of nitrogen functional groups attached to an aromatic ring is 1. The van der Waals surface area contributed by atoms with Crippen molar-refractivity contribution in [1.29, 1.82) is 0 Å². The minimum atomic E-state index is -0.965. The van der Waals surface area contributed by atoms with Crippen molar-refractivity contribution in [1.82, 2.24) is 4.57 Å². The van der Waals surface area contributed by atoms with Gasteiger partial charge in [0.05, 0.1) is 19.6 Å². The van der Waals surface area contributed by atoms with Crippen molar-refractivity contribution < 1.29 is 14.6 Å². The van der Waals surface area contributed by atoms with Crippen LogP contribution in [0.15, 0.2) is 47.4 Å². The van der Waals surface area contributed by atoms with E-state index in [-0.39, 0.29) is 24.3 Å². The molecule has 0 spiro atoms. The lowest BCUT2D eigenvalue weighted by molar-refractivity contribution is -0.137. The number of aliphatic carboxylic acids is 1. The van der Waals surface area contributed by atoms with Gasteiger partial charge in [-0.3, -0.25) is 9.59 Å². The molecule has 0 unspecified atom stereocenters. The fourth-order valence-corrected chi connectivity index (χ4v) is 1.82. The third-order valence-corrected chi connectivity index (χ3v) is 2.89. The molecule has 0 saturated carbocycles. The van der Waals surface area contributed by atoms with Gasteiger partial charge in [-0.1, -0.05) is 12.1 Å². The molecule has 0 aliphatic rings. The monoisotopic (exact) mass is 288 g/mol. The van der Waals surface area contributed by atoms with E-state index in [1.54, 1.807) is 24.4 Å². The molecule has 0 aliphatic carbocycles. The summed E-state index contributed by atoms with van der Waals surface area (Å²) in [7, 11) is 0. The second kappa shape index (κ2) is 6.60. The van der Waals surface area contributed by atoms with Gasteiger partial charge in [-0.05, 0) is 29.8 Å². The molecule has 21 heavy (non-hydrogen) atoms. The normalized spacial score (nSPS) is 10.3. The lowest BCUT2D eigenvalue weighted by Gasteiger charge is -2.09. The molecule has 1 aromatic heterocycles. The summed E-state index contributed by atoms with van der Waals surface area (Å²) in [5, 5.41) is 8.56. The predicted molar refractivity (Wildman–Crippen MR) is 78.4 cm³/mol. The Morgan fingerprint density at radius 3 is 2.62 bits per heavy atom. The van der Waals surface area contributed by atoms with E-state index in [9.17, 15) is 9.59 Å². The fraction of sp³-hybridized carbons (Fsp3) is 0.200. The molecule has 1 heterocycles. The van der Waals surface area contributed by atoms with E-state index >= 15 is 0 Å². The minimum Gasteiger partial charge on any atom is -0.487 e. The zero-order valence-corrected chi connectivity index (χ0v) is 11.4. The van der Waals surface area contributed by atoms with Crippen molar-refractivity contribution in [2.24, 2.45) is 0 Å². The van der Waals surface area contributed by atoms with E-state index in [2.05, 4.69) is 0 Å². The molecule has 2 aromatic rings. The lowest BCUT2D eigenvalue weighted by atomic mass is 10.2. The van der Waals surface area contributed by atoms with E-state index in [1.807, 2.05) is 12.1 Å². The zero-order valence-electron chi connectivity index (χ0n) is 11.4. The standard InChI is InChI=1S/C15H16N2O4/c16-12-5-3-11(4-6-12)10-17-8-1-2-13(15(17)20)21-9-7-14(18)19/h1-6,8H,7,9-10,16H2,(H,18,19). The van der Waals surface area contributed by atoms with Crippen molar-refractivity contribution in [2.45, 2.75) is 13.0 Å². The summed E-state index contributed by atoms with van der Waals surface area (Å²) in [6.07, 6.45) is 1.51. The maximum atomic E-state index is 12.2. The number of anilines is 1. The van der Waals surface area contributed by atoms with Crippen LogP contribution < -0.4 is 16.0 Å². The lowest BCUT2D eigenvalue weighted by Crippen LogP contribution is -2.22.